The number of carbonyl (C=O) groups is 1. The molecule has 2 heterocycles. The lowest BCUT2D eigenvalue weighted by Crippen LogP contribution is -2.40. The zero-order chi connectivity index (χ0) is 17.9. The Kier molecular flexibility index (Phi) is 5.48. The molecule has 1 saturated heterocycles. The highest BCUT2D eigenvalue weighted by atomic mass is 32.2. The van der Waals surface area contributed by atoms with Gasteiger partial charge in [0.05, 0.1) is 25.3 Å². The second-order valence-electron chi connectivity index (χ2n) is 5.40. The molecule has 3 rings (SSSR count). The van der Waals surface area contributed by atoms with Crippen LogP contribution in [0, 0.1) is 5.82 Å². The van der Waals surface area contributed by atoms with Crippen LogP contribution in [-0.2, 0) is 21.3 Å². The summed E-state index contributed by atoms with van der Waals surface area (Å²) in [4.78, 5) is 12.7. The van der Waals surface area contributed by atoms with E-state index in [2.05, 4.69) is 5.32 Å². The largest absolute Gasteiger partial charge is 0.379 e. The van der Waals surface area contributed by atoms with Crippen molar-refractivity contribution in [3.63, 3.8) is 0 Å². The van der Waals surface area contributed by atoms with Gasteiger partial charge in [-0.25, -0.2) is 12.8 Å². The Morgan fingerprint density at radius 1 is 1.20 bits per heavy atom. The molecule has 1 aliphatic rings. The summed E-state index contributed by atoms with van der Waals surface area (Å²) < 4.78 is 45.5. The number of nitrogens with zero attached hydrogens (tertiary/aromatic N) is 1. The van der Waals surface area contributed by atoms with Gasteiger partial charge in [-0.1, -0.05) is 12.1 Å². The first kappa shape index (κ1) is 18.0. The molecule has 0 atom stereocenters. The van der Waals surface area contributed by atoms with E-state index in [1.165, 1.54) is 28.6 Å². The van der Waals surface area contributed by atoms with E-state index in [0.29, 0.717) is 31.2 Å². The van der Waals surface area contributed by atoms with Gasteiger partial charge in [-0.15, -0.1) is 11.3 Å². The highest BCUT2D eigenvalue weighted by Crippen LogP contribution is 2.25. The molecule has 1 amide bonds. The molecule has 0 spiro atoms. The van der Waals surface area contributed by atoms with Gasteiger partial charge in [-0.3, -0.25) is 4.79 Å². The van der Waals surface area contributed by atoms with Crippen molar-refractivity contribution in [3.8, 4) is 0 Å². The van der Waals surface area contributed by atoms with Crippen LogP contribution in [0.25, 0.3) is 0 Å². The summed E-state index contributed by atoms with van der Waals surface area (Å²) in [6.07, 6.45) is 0. The lowest BCUT2D eigenvalue weighted by atomic mass is 10.2. The first-order valence-electron chi connectivity index (χ1n) is 7.68. The van der Waals surface area contributed by atoms with Crippen LogP contribution < -0.4 is 5.32 Å². The Morgan fingerprint density at radius 3 is 2.64 bits per heavy atom. The van der Waals surface area contributed by atoms with Gasteiger partial charge in [0.1, 0.15) is 10.0 Å². The van der Waals surface area contributed by atoms with Crippen molar-refractivity contribution in [3.05, 3.63) is 52.7 Å². The van der Waals surface area contributed by atoms with Gasteiger partial charge in [-0.05, 0) is 24.3 Å². The van der Waals surface area contributed by atoms with Crippen LogP contribution in [0.5, 0.6) is 0 Å². The van der Waals surface area contributed by atoms with Crippen LogP contribution >= 0.6 is 11.3 Å². The average Bonchev–Trinajstić information content (AvgIpc) is 3.11. The summed E-state index contributed by atoms with van der Waals surface area (Å²) in [6, 6.07) is 8.88. The van der Waals surface area contributed by atoms with Crippen LogP contribution in [0.4, 0.5) is 4.39 Å². The second kappa shape index (κ2) is 7.61. The average molecular weight is 384 g/mol. The fourth-order valence-electron chi connectivity index (χ4n) is 2.41. The standard InChI is InChI=1S/C16H17FN2O4S2/c17-14-4-2-1-3-13(14)16(20)18-11-12-5-6-15(24-12)25(21,22)19-7-9-23-10-8-19/h1-6H,7-11H2,(H,18,20). The smallest absolute Gasteiger partial charge is 0.254 e. The summed E-state index contributed by atoms with van der Waals surface area (Å²) in [5, 5.41) is 2.60. The summed E-state index contributed by atoms with van der Waals surface area (Å²) in [6.45, 7) is 1.57. The van der Waals surface area contributed by atoms with E-state index in [-0.39, 0.29) is 16.3 Å². The molecule has 1 aromatic heterocycles. The molecule has 6 nitrogen and oxygen atoms in total. The minimum absolute atomic E-state index is 0.0415. The summed E-state index contributed by atoms with van der Waals surface area (Å²) in [5.74, 6) is -1.13. The molecule has 1 aromatic carbocycles. The first-order chi connectivity index (χ1) is 12.0. The molecular formula is C16H17FN2O4S2. The van der Waals surface area contributed by atoms with Crippen LogP contribution in [0.1, 0.15) is 15.2 Å². The molecule has 9 heteroatoms. The van der Waals surface area contributed by atoms with E-state index < -0.39 is 21.7 Å². The van der Waals surface area contributed by atoms with Gasteiger partial charge in [0.2, 0.25) is 0 Å². The normalized spacial score (nSPS) is 15.9. The lowest BCUT2D eigenvalue weighted by Gasteiger charge is -2.25. The van der Waals surface area contributed by atoms with Crippen LogP contribution in [0.2, 0.25) is 0 Å². The van der Waals surface area contributed by atoms with Gasteiger partial charge >= 0.3 is 0 Å². The monoisotopic (exact) mass is 384 g/mol. The molecule has 2 aromatic rings. The number of rotatable bonds is 5. The number of ether oxygens (including phenoxy) is 1. The molecule has 0 bridgehead atoms. The van der Waals surface area contributed by atoms with Crippen molar-refractivity contribution in [2.75, 3.05) is 26.3 Å². The number of halogens is 1. The number of thiophene rings is 1. The number of hydrogen-bond acceptors (Lipinski definition) is 5. The number of carbonyl (C=O) groups excluding carboxylic acids is 1. The maximum absolute atomic E-state index is 13.6. The highest BCUT2D eigenvalue weighted by Gasteiger charge is 2.27. The number of amides is 1. The third kappa shape index (κ3) is 4.06. The van der Waals surface area contributed by atoms with Crippen LogP contribution in [-0.4, -0.2) is 44.9 Å². The Bertz CT molecular complexity index is 861. The zero-order valence-corrected chi connectivity index (χ0v) is 14.9. The predicted octanol–water partition coefficient (Wildman–Crippen LogP) is 1.84. The Balaban J connectivity index is 1.66. The minimum Gasteiger partial charge on any atom is -0.379 e. The molecular weight excluding hydrogens is 367 g/mol. The van der Waals surface area contributed by atoms with Crippen molar-refractivity contribution in [1.29, 1.82) is 0 Å². The van der Waals surface area contributed by atoms with Crippen LogP contribution in [0.3, 0.4) is 0 Å². The molecule has 0 radical (unpaired) electrons. The molecule has 25 heavy (non-hydrogen) atoms. The predicted molar refractivity (Wildman–Crippen MR) is 91.5 cm³/mol. The second-order valence-corrected chi connectivity index (χ2v) is 8.73. The van der Waals surface area contributed by atoms with Crippen molar-refractivity contribution < 1.29 is 22.3 Å². The number of benzene rings is 1. The molecule has 0 saturated carbocycles. The number of morpholine rings is 1. The topological polar surface area (TPSA) is 75.7 Å². The summed E-state index contributed by atoms with van der Waals surface area (Å²) in [5.41, 5.74) is -0.0415. The van der Waals surface area contributed by atoms with Gasteiger partial charge in [0, 0.05) is 18.0 Å². The Morgan fingerprint density at radius 2 is 1.92 bits per heavy atom. The van der Waals surface area contributed by atoms with E-state index in [4.69, 9.17) is 4.74 Å². The van der Waals surface area contributed by atoms with Crippen molar-refractivity contribution in [1.82, 2.24) is 9.62 Å². The Hall–Kier alpha value is -1.81. The Labute approximate surface area is 149 Å². The van der Waals surface area contributed by atoms with Gasteiger partial charge < -0.3 is 10.1 Å². The van der Waals surface area contributed by atoms with E-state index >= 15 is 0 Å². The maximum Gasteiger partial charge on any atom is 0.254 e. The third-order valence-electron chi connectivity index (χ3n) is 3.74. The molecule has 1 N–H and O–H groups in total. The maximum atomic E-state index is 13.6. The lowest BCUT2D eigenvalue weighted by molar-refractivity contribution is 0.0731. The first-order valence-corrected chi connectivity index (χ1v) is 9.93. The van der Waals surface area contributed by atoms with E-state index in [9.17, 15) is 17.6 Å². The summed E-state index contributed by atoms with van der Waals surface area (Å²) >= 11 is 1.10. The zero-order valence-electron chi connectivity index (χ0n) is 13.3. The molecule has 0 unspecified atom stereocenters. The molecule has 1 aliphatic heterocycles. The van der Waals surface area contributed by atoms with E-state index in [1.807, 2.05) is 0 Å². The third-order valence-corrected chi connectivity index (χ3v) is 7.19. The summed E-state index contributed by atoms with van der Waals surface area (Å²) in [7, 11) is -3.54. The van der Waals surface area contributed by atoms with Crippen LogP contribution in [0.15, 0.2) is 40.6 Å². The SMILES string of the molecule is O=C(NCc1ccc(S(=O)(=O)N2CCOCC2)s1)c1ccccc1F. The number of sulfonamides is 1. The van der Waals surface area contributed by atoms with Crippen molar-refractivity contribution >= 4 is 27.3 Å². The van der Waals surface area contributed by atoms with E-state index in [1.54, 1.807) is 12.1 Å². The van der Waals surface area contributed by atoms with Crippen molar-refractivity contribution in [2.24, 2.45) is 0 Å². The fraction of sp³-hybridized carbons (Fsp3) is 0.312. The molecule has 134 valence electrons. The number of hydrogen-bond donors (Lipinski definition) is 1. The van der Waals surface area contributed by atoms with Crippen molar-refractivity contribution in [2.45, 2.75) is 10.8 Å². The fourth-order valence-corrected chi connectivity index (χ4v) is 5.27. The molecule has 1 fully saturated rings. The van der Waals surface area contributed by atoms with Gasteiger partial charge in [0.25, 0.3) is 15.9 Å². The molecule has 0 aliphatic carbocycles. The van der Waals surface area contributed by atoms with Gasteiger partial charge in [-0.2, -0.15) is 4.31 Å². The van der Waals surface area contributed by atoms with Gasteiger partial charge in [0.15, 0.2) is 0 Å². The number of nitrogens with one attached hydrogen (secondary N) is 1. The minimum atomic E-state index is -3.54. The highest BCUT2D eigenvalue weighted by molar-refractivity contribution is 7.91. The quantitative estimate of drug-likeness (QED) is 0.854. The van der Waals surface area contributed by atoms with E-state index in [0.717, 1.165) is 11.3 Å².